The maximum absolute atomic E-state index is 9.87. The van der Waals surface area contributed by atoms with E-state index in [1.807, 2.05) is 0 Å². The van der Waals surface area contributed by atoms with Crippen LogP contribution in [0.5, 0.6) is 0 Å². The highest BCUT2D eigenvalue weighted by molar-refractivity contribution is 6.27. The second-order valence-electron chi connectivity index (χ2n) is 3.52. The van der Waals surface area contributed by atoms with Crippen molar-refractivity contribution in [3.8, 4) is 0 Å². The van der Waals surface area contributed by atoms with Crippen LogP contribution in [0.3, 0.4) is 0 Å². The summed E-state index contributed by atoms with van der Waals surface area (Å²) >= 11 is 0.00849. The average molecular weight is 216 g/mol. The van der Waals surface area contributed by atoms with E-state index in [2.05, 4.69) is 6.92 Å². The molecular formula is C10H21AlO3. The van der Waals surface area contributed by atoms with E-state index in [1.54, 1.807) is 0 Å². The highest BCUT2D eigenvalue weighted by Gasteiger charge is 2.00. The summed E-state index contributed by atoms with van der Waals surface area (Å²) in [6.07, 6.45) is 6.03. The molecule has 1 N–H and O–H groups in total. The third-order valence-corrected chi connectivity index (χ3v) is 3.44. The van der Waals surface area contributed by atoms with E-state index in [9.17, 15) is 4.79 Å². The maximum atomic E-state index is 9.87. The van der Waals surface area contributed by atoms with Crippen molar-refractivity contribution in [3.63, 3.8) is 0 Å². The number of unbranched alkanes of at least 4 members (excludes halogenated alkanes) is 2. The lowest BCUT2D eigenvalue weighted by Crippen LogP contribution is -2.06. The zero-order chi connectivity index (χ0) is 10.6. The minimum Gasteiger partial charge on any atom is -0.503 e. The Balaban J connectivity index is 0.000000249. The van der Waals surface area contributed by atoms with Gasteiger partial charge in [0.1, 0.15) is 0 Å². The summed E-state index contributed by atoms with van der Waals surface area (Å²) < 4.78 is 5.21. The molecule has 0 radical (unpaired) electrons. The van der Waals surface area contributed by atoms with Crippen LogP contribution < -0.4 is 0 Å². The van der Waals surface area contributed by atoms with Crippen LogP contribution in [0, 0.1) is 0 Å². The van der Waals surface area contributed by atoms with Crippen LogP contribution in [0.25, 0.3) is 0 Å². The Hall–Kier alpha value is -0.0375. The first-order valence-corrected chi connectivity index (χ1v) is 7.14. The first-order valence-electron chi connectivity index (χ1n) is 5.57. The number of hydrogen-bond donors (Lipinski definition) is 1. The van der Waals surface area contributed by atoms with Gasteiger partial charge in [-0.05, 0) is 12.8 Å². The fraction of sp³-hybridized carbons (Fsp3) is 0.900. The molecule has 14 heavy (non-hydrogen) atoms. The van der Waals surface area contributed by atoms with Gasteiger partial charge in [0, 0.05) is 13.0 Å². The Morgan fingerprint density at radius 2 is 2.21 bits per heavy atom. The minimum atomic E-state index is -0.682. The van der Waals surface area contributed by atoms with Crippen molar-refractivity contribution in [2.24, 2.45) is 0 Å². The maximum Gasteiger partial charge on any atom is 0.435 e. The lowest BCUT2D eigenvalue weighted by molar-refractivity contribution is -0.137. The van der Waals surface area contributed by atoms with Gasteiger partial charge in [-0.2, -0.15) is 0 Å². The monoisotopic (exact) mass is 216 g/mol. The van der Waals surface area contributed by atoms with Gasteiger partial charge in [-0.3, -0.25) is 4.79 Å². The van der Waals surface area contributed by atoms with Crippen LogP contribution >= 0.6 is 0 Å². The zero-order valence-corrected chi connectivity index (χ0v) is 10.5. The second kappa shape index (κ2) is 11.0. The third-order valence-electron chi connectivity index (χ3n) is 2.07. The molecule has 1 saturated heterocycles. The van der Waals surface area contributed by atoms with Crippen LogP contribution in [0.2, 0.25) is 5.28 Å². The van der Waals surface area contributed by atoms with Gasteiger partial charge in [-0.15, -0.1) is 0 Å². The Labute approximate surface area is 92.9 Å². The number of carboxylic acid groups (broad SMARTS) is 1. The molecule has 0 aromatic carbocycles. The normalized spacial score (nSPS) is 14.9. The minimum absolute atomic E-state index is 0.00849. The lowest BCUT2D eigenvalue weighted by atomic mass is 10.2. The second-order valence-corrected chi connectivity index (χ2v) is 5.05. The van der Waals surface area contributed by atoms with Gasteiger partial charge in [0.05, 0.1) is 0 Å². The van der Waals surface area contributed by atoms with Crippen LogP contribution in [0.4, 0.5) is 0 Å². The molecule has 0 bridgehead atoms. The van der Waals surface area contributed by atoms with E-state index in [1.165, 1.54) is 18.1 Å². The van der Waals surface area contributed by atoms with Crippen molar-refractivity contribution in [1.82, 2.24) is 0 Å². The average Bonchev–Trinajstić information content (AvgIpc) is 2.21. The Kier molecular flexibility index (Phi) is 11.0. The Morgan fingerprint density at radius 3 is 2.50 bits per heavy atom. The van der Waals surface area contributed by atoms with Gasteiger partial charge in [0.25, 0.3) is 0 Å². The molecule has 1 aliphatic heterocycles. The molecule has 1 aliphatic rings. The van der Waals surface area contributed by atoms with E-state index in [0.29, 0.717) is 6.42 Å². The number of hydrogen-bond acceptors (Lipinski definition) is 2. The molecule has 1 fully saturated rings. The van der Waals surface area contributed by atoms with Gasteiger partial charge >= 0.3 is 21.5 Å². The molecule has 1 rings (SSSR count). The molecule has 0 aromatic heterocycles. The van der Waals surface area contributed by atoms with E-state index in [4.69, 9.17) is 8.90 Å². The predicted octanol–water partition coefficient (Wildman–Crippen LogP) is 2.22. The van der Waals surface area contributed by atoms with Crippen LogP contribution in [0.15, 0.2) is 0 Å². The summed E-state index contributed by atoms with van der Waals surface area (Å²) in [5, 5.41) is 9.56. The first-order chi connectivity index (χ1) is 6.77. The van der Waals surface area contributed by atoms with Gasteiger partial charge in [0.15, 0.2) is 0 Å². The smallest absolute Gasteiger partial charge is 0.435 e. The predicted molar refractivity (Wildman–Crippen MR) is 58.9 cm³/mol. The first kappa shape index (κ1) is 14.0. The van der Waals surface area contributed by atoms with E-state index in [0.717, 1.165) is 25.9 Å². The van der Waals surface area contributed by atoms with Crippen molar-refractivity contribution in [2.45, 2.75) is 50.7 Å². The fourth-order valence-corrected chi connectivity index (χ4v) is 2.38. The molecule has 0 atom stereocenters. The number of carbonyl (C=O) groups is 1. The summed E-state index contributed by atoms with van der Waals surface area (Å²) in [5.41, 5.74) is 0. The van der Waals surface area contributed by atoms with E-state index in [-0.39, 0.29) is 15.6 Å². The van der Waals surface area contributed by atoms with Crippen LogP contribution in [0.1, 0.15) is 45.4 Å². The lowest BCUT2D eigenvalue weighted by Gasteiger charge is -2.06. The van der Waals surface area contributed by atoms with E-state index < -0.39 is 5.97 Å². The summed E-state index contributed by atoms with van der Waals surface area (Å²) in [7, 11) is 0. The van der Waals surface area contributed by atoms with Gasteiger partial charge < -0.3 is 8.90 Å². The van der Waals surface area contributed by atoms with Gasteiger partial charge in [-0.1, -0.05) is 31.5 Å². The van der Waals surface area contributed by atoms with E-state index >= 15 is 0 Å². The molecule has 82 valence electrons. The number of carboxylic acids is 1. The summed E-state index contributed by atoms with van der Waals surface area (Å²) in [6, 6.07) is 0. The topological polar surface area (TPSA) is 46.5 Å². The Morgan fingerprint density at radius 1 is 1.43 bits per heavy atom. The molecule has 0 spiro atoms. The van der Waals surface area contributed by atoms with Gasteiger partial charge in [-0.25, -0.2) is 0 Å². The summed E-state index contributed by atoms with van der Waals surface area (Å²) in [4.78, 5) is 9.87. The molecule has 0 amide bonds. The van der Waals surface area contributed by atoms with Crippen molar-refractivity contribution >= 4 is 21.5 Å². The Bertz CT molecular complexity index is 124. The highest BCUT2D eigenvalue weighted by atomic mass is 27.1. The van der Waals surface area contributed by atoms with Gasteiger partial charge in [0.2, 0.25) is 0 Å². The highest BCUT2D eigenvalue weighted by Crippen LogP contribution is 2.01. The van der Waals surface area contributed by atoms with Crippen molar-refractivity contribution in [3.05, 3.63) is 0 Å². The summed E-state index contributed by atoms with van der Waals surface area (Å²) in [5.74, 6) is -0.682. The number of aliphatic carboxylic acids is 1. The number of rotatable bonds is 4. The van der Waals surface area contributed by atoms with Crippen molar-refractivity contribution in [2.75, 3.05) is 6.61 Å². The quantitative estimate of drug-likeness (QED) is 0.579. The molecule has 0 unspecified atom stereocenters. The molecule has 0 aromatic rings. The third kappa shape index (κ3) is 12.0. The van der Waals surface area contributed by atoms with Crippen LogP contribution in [-0.2, 0) is 8.58 Å². The molecule has 4 heteroatoms. The van der Waals surface area contributed by atoms with Crippen molar-refractivity contribution < 1.29 is 13.7 Å². The fourth-order valence-electron chi connectivity index (χ4n) is 1.21. The molecule has 1 heterocycles. The van der Waals surface area contributed by atoms with Crippen molar-refractivity contribution in [1.29, 1.82) is 0 Å². The molecule has 0 aliphatic carbocycles. The SMILES string of the molecule is C1C[CH2][AlH][O]C1.CCCCCC(=O)O. The van der Waals surface area contributed by atoms with Crippen LogP contribution in [-0.4, -0.2) is 33.2 Å². The standard InChI is InChI=1S/C6H12O2.C4H8O.Al.H/c1-2-3-4-5-6(7)8;1-2-3-4-5;;/h2-5H2,1H3,(H,7,8);1-4H2;;/q;-1;+1;. The molecule has 0 saturated carbocycles. The summed E-state index contributed by atoms with van der Waals surface area (Å²) in [6.45, 7) is 3.12. The zero-order valence-electron chi connectivity index (χ0n) is 9.13. The molecular weight excluding hydrogens is 195 g/mol. The largest absolute Gasteiger partial charge is 0.503 e. The molecule has 3 nitrogen and oxygen atoms in total.